The molecule has 1 aromatic rings. The van der Waals surface area contributed by atoms with Crippen LogP contribution in [0.5, 0.6) is 0 Å². The maximum atomic E-state index is 9.61. The molecule has 3 N–H and O–H groups in total. The van der Waals surface area contributed by atoms with Gasteiger partial charge < -0.3 is 20.1 Å². The first-order valence-corrected chi connectivity index (χ1v) is 5.34. The van der Waals surface area contributed by atoms with Gasteiger partial charge in [-0.1, -0.05) is 19.0 Å². The summed E-state index contributed by atoms with van der Waals surface area (Å²) in [6.07, 6.45) is -0.612. The van der Waals surface area contributed by atoms with Crippen LogP contribution in [0.15, 0.2) is 4.52 Å². The minimum absolute atomic E-state index is 0.197. The Labute approximate surface area is 94.8 Å². The summed E-state index contributed by atoms with van der Waals surface area (Å²) in [4.78, 5) is 4.11. The molecular formula is C10H19N3O3. The molecule has 0 spiro atoms. The number of hydrogen-bond acceptors (Lipinski definition) is 6. The van der Waals surface area contributed by atoms with Gasteiger partial charge in [0.15, 0.2) is 0 Å². The summed E-state index contributed by atoms with van der Waals surface area (Å²) < 4.78 is 10.2. The van der Waals surface area contributed by atoms with Crippen molar-refractivity contribution in [2.75, 3.05) is 13.7 Å². The molecule has 6 nitrogen and oxygen atoms in total. The molecule has 1 unspecified atom stereocenters. The second kappa shape index (κ2) is 5.93. The van der Waals surface area contributed by atoms with Gasteiger partial charge in [-0.3, -0.25) is 0 Å². The standard InChI is InChI=1S/C10H19N3O3/c1-6(2)8(15-3)9-12-10(16-13-9)7(14)4-5-11/h6-8,14H,4-5,11H2,1-3H3/t7-,8?/m0/s1. The van der Waals surface area contributed by atoms with Crippen LogP contribution in [-0.4, -0.2) is 28.9 Å². The molecule has 92 valence electrons. The molecule has 0 aliphatic heterocycles. The number of nitrogens with two attached hydrogens (primary N) is 1. The Morgan fingerprint density at radius 1 is 1.50 bits per heavy atom. The highest BCUT2D eigenvalue weighted by Gasteiger charge is 2.23. The summed E-state index contributed by atoms with van der Waals surface area (Å²) in [5.74, 6) is 0.897. The van der Waals surface area contributed by atoms with Gasteiger partial charge in [0.05, 0.1) is 0 Å². The monoisotopic (exact) mass is 229 g/mol. The minimum atomic E-state index is -0.795. The Kier molecular flexibility index (Phi) is 4.85. The Hall–Kier alpha value is -0.980. The average Bonchev–Trinajstić information content (AvgIpc) is 2.68. The van der Waals surface area contributed by atoms with Crippen LogP contribution in [0.25, 0.3) is 0 Å². The first kappa shape index (κ1) is 13.1. The van der Waals surface area contributed by atoms with Crippen LogP contribution >= 0.6 is 0 Å². The van der Waals surface area contributed by atoms with Crippen LogP contribution in [0.4, 0.5) is 0 Å². The average molecular weight is 229 g/mol. The van der Waals surface area contributed by atoms with Crippen LogP contribution < -0.4 is 5.73 Å². The van der Waals surface area contributed by atoms with Crippen LogP contribution in [-0.2, 0) is 4.74 Å². The lowest BCUT2D eigenvalue weighted by Crippen LogP contribution is -2.11. The van der Waals surface area contributed by atoms with E-state index in [4.69, 9.17) is 15.0 Å². The highest BCUT2D eigenvalue weighted by atomic mass is 16.5. The van der Waals surface area contributed by atoms with Gasteiger partial charge in [0, 0.05) is 7.11 Å². The molecule has 0 aromatic carbocycles. The predicted octanol–water partition coefficient (Wildman–Crippen LogP) is 0.795. The highest BCUT2D eigenvalue weighted by Crippen LogP contribution is 2.24. The molecule has 0 saturated carbocycles. The van der Waals surface area contributed by atoms with Gasteiger partial charge in [-0.25, -0.2) is 0 Å². The van der Waals surface area contributed by atoms with Crippen molar-refractivity contribution in [2.24, 2.45) is 11.7 Å². The van der Waals surface area contributed by atoms with E-state index in [0.717, 1.165) is 0 Å². The smallest absolute Gasteiger partial charge is 0.255 e. The molecular weight excluding hydrogens is 210 g/mol. The number of aliphatic hydroxyl groups is 1. The number of methoxy groups -OCH3 is 1. The number of nitrogens with zero attached hydrogens (tertiary/aromatic N) is 2. The molecule has 16 heavy (non-hydrogen) atoms. The zero-order valence-electron chi connectivity index (χ0n) is 9.88. The second-order valence-electron chi connectivity index (χ2n) is 3.98. The predicted molar refractivity (Wildman–Crippen MR) is 57.5 cm³/mol. The van der Waals surface area contributed by atoms with E-state index in [1.165, 1.54) is 0 Å². The summed E-state index contributed by atoms with van der Waals surface area (Å²) >= 11 is 0. The van der Waals surface area contributed by atoms with E-state index >= 15 is 0 Å². The maximum absolute atomic E-state index is 9.61. The molecule has 0 bridgehead atoms. The van der Waals surface area contributed by atoms with Gasteiger partial charge in [-0.2, -0.15) is 4.98 Å². The topological polar surface area (TPSA) is 94.4 Å². The quantitative estimate of drug-likeness (QED) is 0.749. The van der Waals surface area contributed by atoms with E-state index in [-0.39, 0.29) is 17.9 Å². The molecule has 6 heteroatoms. The number of hydrogen-bond donors (Lipinski definition) is 2. The third-order valence-electron chi connectivity index (χ3n) is 2.30. The number of ether oxygens (including phenoxy) is 1. The van der Waals surface area contributed by atoms with Crippen molar-refractivity contribution < 1.29 is 14.4 Å². The molecule has 0 amide bonds. The van der Waals surface area contributed by atoms with E-state index in [9.17, 15) is 5.11 Å². The largest absolute Gasteiger partial charge is 0.383 e. The summed E-state index contributed by atoms with van der Waals surface area (Å²) in [6, 6.07) is 0. The fraction of sp³-hybridized carbons (Fsp3) is 0.800. The lowest BCUT2D eigenvalue weighted by molar-refractivity contribution is 0.0555. The maximum Gasteiger partial charge on any atom is 0.255 e. The third-order valence-corrected chi connectivity index (χ3v) is 2.30. The van der Waals surface area contributed by atoms with Gasteiger partial charge in [0.25, 0.3) is 5.89 Å². The van der Waals surface area contributed by atoms with Gasteiger partial charge in [0.1, 0.15) is 12.2 Å². The van der Waals surface area contributed by atoms with Crippen molar-refractivity contribution >= 4 is 0 Å². The van der Waals surface area contributed by atoms with E-state index < -0.39 is 6.10 Å². The molecule has 2 atom stereocenters. The van der Waals surface area contributed by atoms with Crippen molar-refractivity contribution in [1.82, 2.24) is 10.1 Å². The Bertz CT molecular complexity index is 314. The summed E-state index contributed by atoms with van der Waals surface area (Å²) in [5.41, 5.74) is 5.33. The molecule has 1 heterocycles. The molecule has 0 aliphatic rings. The van der Waals surface area contributed by atoms with Crippen LogP contribution in [0.1, 0.15) is 44.2 Å². The molecule has 1 rings (SSSR count). The van der Waals surface area contributed by atoms with Crippen molar-refractivity contribution in [3.63, 3.8) is 0 Å². The highest BCUT2D eigenvalue weighted by molar-refractivity contribution is 4.94. The SMILES string of the molecule is COC(c1noc([C@@H](O)CCN)n1)C(C)C. The molecule has 0 aliphatic carbocycles. The molecule has 0 radical (unpaired) electrons. The van der Waals surface area contributed by atoms with Crippen molar-refractivity contribution in [3.05, 3.63) is 11.7 Å². The van der Waals surface area contributed by atoms with Crippen LogP contribution in [0.2, 0.25) is 0 Å². The van der Waals surface area contributed by atoms with E-state index in [2.05, 4.69) is 10.1 Å². The Morgan fingerprint density at radius 2 is 2.19 bits per heavy atom. The van der Waals surface area contributed by atoms with Gasteiger partial charge in [0.2, 0.25) is 5.82 Å². The van der Waals surface area contributed by atoms with E-state index in [1.807, 2.05) is 13.8 Å². The lowest BCUT2D eigenvalue weighted by Gasteiger charge is -2.14. The second-order valence-corrected chi connectivity index (χ2v) is 3.98. The minimum Gasteiger partial charge on any atom is -0.383 e. The summed E-state index contributed by atoms with van der Waals surface area (Å²) in [5, 5.41) is 13.4. The van der Waals surface area contributed by atoms with E-state index in [1.54, 1.807) is 7.11 Å². The molecule has 0 saturated heterocycles. The molecule has 1 aromatic heterocycles. The summed E-state index contributed by atoms with van der Waals surface area (Å²) in [6.45, 7) is 4.37. The summed E-state index contributed by atoms with van der Waals surface area (Å²) in [7, 11) is 1.59. The fourth-order valence-electron chi connectivity index (χ4n) is 1.46. The zero-order valence-corrected chi connectivity index (χ0v) is 9.88. The number of rotatable bonds is 6. The van der Waals surface area contributed by atoms with Crippen molar-refractivity contribution in [3.8, 4) is 0 Å². The van der Waals surface area contributed by atoms with Gasteiger partial charge in [-0.15, -0.1) is 0 Å². The normalized spacial score (nSPS) is 15.4. The van der Waals surface area contributed by atoms with E-state index in [0.29, 0.717) is 18.8 Å². The zero-order chi connectivity index (χ0) is 12.1. The Morgan fingerprint density at radius 3 is 2.69 bits per heavy atom. The van der Waals surface area contributed by atoms with Crippen molar-refractivity contribution in [1.29, 1.82) is 0 Å². The molecule has 0 fully saturated rings. The van der Waals surface area contributed by atoms with Gasteiger partial charge >= 0.3 is 0 Å². The fourth-order valence-corrected chi connectivity index (χ4v) is 1.46. The third kappa shape index (κ3) is 3.01. The van der Waals surface area contributed by atoms with Crippen LogP contribution in [0.3, 0.4) is 0 Å². The number of aliphatic hydroxyl groups excluding tert-OH is 1. The Balaban J connectivity index is 2.77. The number of aromatic nitrogens is 2. The van der Waals surface area contributed by atoms with Crippen molar-refractivity contribution in [2.45, 2.75) is 32.5 Å². The van der Waals surface area contributed by atoms with Gasteiger partial charge in [-0.05, 0) is 18.9 Å². The first-order valence-electron chi connectivity index (χ1n) is 5.34. The first-order chi connectivity index (χ1) is 7.60. The van der Waals surface area contributed by atoms with Crippen LogP contribution in [0, 0.1) is 5.92 Å². The lowest BCUT2D eigenvalue weighted by atomic mass is 10.1.